The molecule has 106 valence electrons. The van der Waals surface area contributed by atoms with Gasteiger partial charge in [-0.2, -0.15) is 0 Å². The van der Waals surface area contributed by atoms with E-state index in [1.54, 1.807) is 6.07 Å². The van der Waals surface area contributed by atoms with Gasteiger partial charge in [-0.1, -0.05) is 19.9 Å². The van der Waals surface area contributed by atoms with E-state index in [-0.39, 0.29) is 11.9 Å². The van der Waals surface area contributed by atoms with Gasteiger partial charge in [0, 0.05) is 30.4 Å². The van der Waals surface area contributed by atoms with Crippen molar-refractivity contribution in [1.82, 2.24) is 0 Å². The topological polar surface area (TPSA) is 29.3 Å². The summed E-state index contributed by atoms with van der Waals surface area (Å²) in [5.74, 6) is -0.182. The molecule has 2 nitrogen and oxygen atoms in total. The van der Waals surface area contributed by atoms with E-state index in [9.17, 15) is 4.39 Å². The van der Waals surface area contributed by atoms with Crippen molar-refractivity contribution < 1.29 is 4.39 Å². The fraction of sp³-hybridized carbons (Fsp3) is 0.625. The van der Waals surface area contributed by atoms with E-state index >= 15 is 0 Å². The predicted octanol–water partition coefficient (Wildman–Crippen LogP) is 3.86. The van der Waals surface area contributed by atoms with Crippen molar-refractivity contribution in [1.29, 1.82) is 0 Å². The van der Waals surface area contributed by atoms with Crippen molar-refractivity contribution in [2.75, 3.05) is 18.0 Å². The van der Waals surface area contributed by atoms with Crippen molar-refractivity contribution >= 4 is 5.69 Å². The molecule has 1 atom stereocenters. The first-order chi connectivity index (χ1) is 9.03. The normalized spacial score (nSPS) is 19.7. The number of anilines is 1. The van der Waals surface area contributed by atoms with Crippen LogP contribution >= 0.6 is 0 Å². The number of nitrogens with two attached hydrogens (primary N) is 1. The van der Waals surface area contributed by atoms with Crippen LogP contribution in [0.25, 0.3) is 0 Å². The van der Waals surface area contributed by atoms with Gasteiger partial charge in [0.15, 0.2) is 0 Å². The van der Waals surface area contributed by atoms with Gasteiger partial charge in [-0.3, -0.25) is 0 Å². The Hall–Kier alpha value is -1.09. The van der Waals surface area contributed by atoms with E-state index in [1.807, 2.05) is 13.0 Å². The van der Waals surface area contributed by atoms with Crippen LogP contribution in [0.5, 0.6) is 0 Å². The molecule has 0 amide bonds. The molecule has 3 heteroatoms. The maximum atomic E-state index is 14.0. The lowest BCUT2D eigenvalue weighted by Crippen LogP contribution is -2.27. The van der Waals surface area contributed by atoms with Gasteiger partial charge in [-0.05, 0) is 43.7 Å². The van der Waals surface area contributed by atoms with Crippen molar-refractivity contribution in [3.63, 3.8) is 0 Å². The standard InChI is InChI=1S/C16H25FN2/c1-4-16(5-2)9-10-19(11-16)14-8-6-7-13(17)15(14)12(3)18/h6-8,12H,4-5,9-11,18H2,1-3H3. The molecule has 1 aliphatic heterocycles. The van der Waals surface area contributed by atoms with E-state index in [4.69, 9.17) is 5.73 Å². The first-order valence-electron chi connectivity index (χ1n) is 7.32. The number of nitrogens with zero attached hydrogens (tertiary/aromatic N) is 1. The summed E-state index contributed by atoms with van der Waals surface area (Å²) in [6.07, 6.45) is 3.56. The third-order valence-electron chi connectivity index (χ3n) is 4.76. The second-order valence-corrected chi connectivity index (χ2v) is 5.84. The lowest BCUT2D eigenvalue weighted by atomic mass is 9.82. The summed E-state index contributed by atoms with van der Waals surface area (Å²) >= 11 is 0. The van der Waals surface area contributed by atoms with Gasteiger partial charge >= 0.3 is 0 Å². The molecule has 2 rings (SSSR count). The van der Waals surface area contributed by atoms with Crippen LogP contribution in [0.3, 0.4) is 0 Å². The maximum absolute atomic E-state index is 14.0. The van der Waals surface area contributed by atoms with Gasteiger partial charge < -0.3 is 10.6 Å². The van der Waals surface area contributed by atoms with Crippen LogP contribution in [0.4, 0.5) is 10.1 Å². The molecule has 19 heavy (non-hydrogen) atoms. The first kappa shape index (κ1) is 14.3. The SMILES string of the molecule is CCC1(CC)CCN(c2cccc(F)c2C(C)N)C1. The summed E-state index contributed by atoms with van der Waals surface area (Å²) in [6.45, 7) is 8.38. The Kier molecular flexibility index (Phi) is 4.14. The van der Waals surface area contributed by atoms with Crippen molar-refractivity contribution in [3.05, 3.63) is 29.6 Å². The highest BCUT2D eigenvalue weighted by molar-refractivity contribution is 5.56. The van der Waals surface area contributed by atoms with E-state index in [0.717, 1.165) is 18.8 Å². The van der Waals surface area contributed by atoms with E-state index in [1.165, 1.54) is 25.3 Å². The van der Waals surface area contributed by atoms with Crippen LogP contribution in [-0.4, -0.2) is 13.1 Å². The Bertz CT molecular complexity index is 438. The second kappa shape index (κ2) is 5.49. The summed E-state index contributed by atoms with van der Waals surface area (Å²) in [6, 6.07) is 5.03. The number of halogens is 1. The van der Waals surface area contributed by atoms with Crippen molar-refractivity contribution in [2.45, 2.75) is 46.1 Å². The van der Waals surface area contributed by atoms with Gasteiger partial charge in [0.2, 0.25) is 0 Å². The zero-order chi connectivity index (χ0) is 14.0. The molecular weight excluding hydrogens is 239 g/mol. The lowest BCUT2D eigenvalue weighted by Gasteiger charge is -2.29. The van der Waals surface area contributed by atoms with Gasteiger partial charge in [0.1, 0.15) is 5.82 Å². The molecule has 0 bridgehead atoms. The van der Waals surface area contributed by atoms with E-state index < -0.39 is 0 Å². The molecule has 1 saturated heterocycles. The van der Waals surface area contributed by atoms with Gasteiger partial charge in [0.25, 0.3) is 0 Å². The minimum atomic E-state index is -0.269. The minimum Gasteiger partial charge on any atom is -0.371 e. The minimum absolute atomic E-state index is 0.182. The summed E-state index contributed by atoms with van der Waals surface area (Å²) < 4.78 is 14.0. The number of benzene rings is 1. The maximum Gasteiger partial charge on any atom is 0.130 e. The molecule has 1 aromatic rings. The van der Waals surface area contributed by atoms with Crippen molar-refractivity contribution in [2.24, 2.45) is 11.1 Å². The largest absolute Gasteiger partial charge is 0.371 e. The first-order valence-corrected chi connectivity index (χ1v) is 7.32. The third kappa shape index (κ3) is 2.62. The summed E-state index contributed by atoms with van der Waals surface area (Å²) in [7, 11) is 0. The van der Waals surface area contributed by atoms with Crippen LogP contribution in [0.15, 0.2) is 18.2 Å². The molecule has 1 aliphatic rings. The molecule has 1 aromatic carbocycles. The number of rotatable bonds is 4. The summed E-state index contributed by atoms with van der Waals surface area (Å²) in [5.41, 5.74) is 7.98. The molecule has 0 aromatic heterocycles. The Morgan fingerprint density at radius 3 is 2.58 bits per heavy atom. The van der Waals surface area contributed by atoms with Gasteiger partial charge in [-0.25, -0.2) is 4.39 Å². The molecule has 0 aliphatic carbocycles. The molecule has 0 saturated carbocycles. The molecule has 1 fully saturated rings. The number of hydrogen-bond donors (Lipinski definition) is 1. The van der Waals surface area contributed by atoms with Gasteiger partial charge in [0.05, 0.1) is 0 Å². The predicted molar refractivity (Wildman–Crippen MR) is 78.8 cm³/mol. The Morgan fingerprint density at radius 1 is 1.37 bits per heavy atom. The summed E-state index contributed by atoms with van der Waals surface area (Å²) in [4.78, 5) is 2.31. The fourth-order valence-corrected chi connectivity index (χ4v) is 3.22. The molecule has 1 unspecified atom stereocenters. The Balaban J connectivity index is 2.32. The highest BCUT2D eigenvalue weighted by Gasteiger charge is 2.36. The second-order valence-electron chi connectivity index (χ2n) is 5.84. The number of hydrogen-bond acceptors (Lipinski definition) is 2. The quantitative estimate of drug-likeness (QED) is 0.894. The average Bonchev–Trinajstić information content (AvgIpc) is 2.83. The monoisotopic (exact) mass is 264 g/mol. The van der Waals surface area contributed by atoms with Crippen LogP contribution in [0.1, 0.15) is 51.6 Å². The molecule has 0 spiro atoms. The van der Waals surface area contributed by atoms with E-state index in [2.05, 4.69) is 18.7 Å². The average molecular weight is 264 g/mol. The molecule has 2 N–H and O–H groups in total. The van der Waals surface area contributed by atoms with Crippen LogP contribution in [0, 0.1) is 11.2 Å². The molecule has 0 radical (unpaired) electrons. The zero-order valence-electron chi connectivity index (χ0n) is 12.2. The lowest BCUT2D eigenvalue weighted by molar-refractivity contribution is 0.301. The van der Waals surface area contributed by atoms with Crippen LogP contribution in [-0.2, 0) is 0 Å². The van der Waals surface area contributed by atoms with Crippen LogP contribution < -0.4 is 10.6 Å². The van der Waals surface area contributed by atoms with Crippen LogP contribution in [0.2, 0.25) is 0 Å². The molecule has 1 heterocycles. The molecular formula is C16H25FN2. The van der Waals surface area contributed by atoms with E-state index in [0.29, 0.717) is 11.0 Å². The zero-order valence-corrected chi connectivity index (χ0v) is 12.2. The highest BCUT2D eigenvalue weighted by atomic mass is 19.1. The third-order valence-corrected chi connectivity index (χ3v) is 4.76. The highest BCUT2D eigenvalue weighted by Crippen LogP contribution is 2.40. The van der Waals surface area contributed by atoms with Gasteiger partial charge in [-0.15, -0.1) is 0 Å². The summed E-state index contributed by atoms with van der Waals surface area (Å²) in [5, 5.41) is 0. The smallest absolute Gasteiger partial charge is 0.130 e. The fourth-order valence-electron chi connectivity index (χ4n) is 3.22. The van der Waals surface area contributed by atoms with Crippen molar-refractivity contribution in [3.8, 4) is 0 Å². The Morgan fingerprint density at radius 2 is 2.05 bits per heavy atom. The Labute approximate surface area is 115 Å².